The zero-order valence-corrected chi connectivity index (χ0v) is 7.72. The normalized spacial score (nSPS) is 9.25. The average molecular weight is 158 g/mol. The first-order valence-corrected chi connectivity index (χ1v) is 3.53. The number of aliphatic hydroxyl groups is 1. The van der Waals surface area contributed by atoms with Crippen molar-refractivity contribution in [1.29, 1.82) is 0 Å². The van der Waals surface area contributed by atoms with Gasteiger partial charge >= 0.3 is 18.9 Å². The Hall–Kier alpha value is -0.423. The van der Waals surface area contributed by atoms with Crippen LogP contribution in [0.3, 0.4) is 0 Å². The van der Waals surface area contributed by atoms with Crippen LogP contribution in [0, 0.1) is 13.8 Å². The fraction of sp³-hybridized carbons (Fsp3) is 0.333. The number of aryl methyl sites for hydroxylation is 2. The predicted molar refractivity (Wildman–Crippen MR) is 41.3 cm³/mol. The smallest absolute Gasteiger partial charge is 0.872 e. The number of aliphatic hydroxyl groups excluding tert-OH is 1. The molecule has 0 aromatic heterocycles. The van der Waals surface area contributed by atoms with Crippen molar-refractivity contribution < 1.29 is 29.1 Å². The Morgan fingerprint density at radius 3 is 2.00 bits per heavy atom. The predicted octanol–water partition coefficient (Wildman–Crippen LogP) is -2.13. The first-order chi connectivity index (χ1) is 5.15. The fourth-order valence-electron chi connectivity index (χ4n) is 1.13. The van der Waals surface area contributed by atoms with Gasteiger partial charge in [0.25, 0.3) is 0 Å². The van der Waals surface area contributed by atoms with E-state index in [1.165, 1.54) is 0 Å². The zero-order chi connectivity index (χ0) is 8.43. The standard InChI is InChI=1S/C9H12O2.Li/c1-6-3-8(5-10)4-7(2)9(6)11;/h3-4,10-11H,5H2,1-2H3;/q;+1/p-1. The Morgan fingerprint density at radius 2 is 1.67 bits per heavy atom. The second-order valence-electron chi connectivity index (χ2n) is 2.72. The zero-order valence-electron chi connectivity index (χ0n) is 7.72. The molecule has 0 fully saturated rings. The van der Waals surface area contributed by atoms with E-state index >= 15 is 0 Å². The van der Waals surface area contributed by atoms with Crippen LogP contribution in [0.4, 0.5) is 0 Å². The molecule has 0 bridgehead atoms. The van der Waals surface area contributed by atoms with Crippen molar-refractivity contribution in [3.05, 3.63) is 28.8 Å². The Balaban J connectivity index is 0.00000121. The van der Waals surface area contributed by atoms with Crippen molar-refractivity contribution in [2.45, 2.75) is 20.5 Å². The fourth-order valence-corrected chi connectivity index (χ4v) is 1.13. The van der Waals surface area contributed by atoms with Gasteiger partial charge in [-0.2, -0.15) is 0 Å². The van der Waals surface area contributed by atoms with E-state index in [1.54, 1.807) is 26.0 Å². The molecule has 60 valence electrons. The average Bonchev–Trinajstić information content (AvgIpc) is 1.99. The van der Waals surface area contributed by atoms with Crippen LogP contribution in [-0.2, 0) is 6.61 Å². The van der Waals surface area contributed by atoms with Crippen LogP contribution in [0.25, 0.3) is 0 Å². The Bertz CT molecular complexity index is 248. The summed E-state index contributed by atoms with van der Waals surface area (Å²) in [5.74, 6) is 0.0715. The van der Waals surface area contributed by atoms with Crippen molar-refractivity contribution in [2.75, 3.05) is 0 Å². The Kier molecular flexibility index (Phi) is 4.40. The molecule has 0 saturated carbocycles. The summed E-state index contributed by atoms with van der Waals surface area (Å²) in [4.78, 5) is 0. The number of benzene rings is 1. The molecule has 0 aliphatic heterocycles. The maximum atomic E-state index is 11.2. The third kappa shape index (κ3) is 2.28. The molecule has 0 amide bonds. The molecule has 12 heavy (non-hydrogen) atoms. The molecule has 1 rings (SSSR count). The topological polar surface area (TPSA) is 43.3 Å². The molecule has 0 radical (unpaired) electrons. The van der Waals surface area contributed by atoms with Gasteiger partial charge in [-0.25, -0.2) is 0 Å². The molecular formula is C9H11LiO2. The van der Waals surface area contributed by atoms with Crippen LogP contribution in [0.5, 0.6) is 5.75 Å². The van der Waals surface area contributed by atoms with Crippen molar-refractivity contribution in [3.63, 3.8) is 0 Å². The van der Waals surface area contributed by atoms with Gasteiger partial charge < -0.3 is 10.2 Å². The summed E-state index contributed by atoms with van der Waals surface area (Å²) < 4.78 is 0. The van der Waals surface area contributed by atoms with E-state index in [0.29, 0.717) is 11.1 Å². The minimum atomic E-state index is 0. The molecule has 0 saturated heterocycles. The third-order valence-corrected chi connectivity index (χ3v) is 1.70. The van der Waals surface area contributed by atoms with E-state index in [1.807, 2.05) is 0 Å². The van der Waals surface area contributed by atoms with Crippen molar-refractivity contribution in [3.8, 4) is 5.75 Å². The summed E-state index contributed by atoms with van der Waals surface area (Å²) in [6, 6.07) is 3.44. The molecule has 0 heterocycles. The first kappa shape index (κ1) is 11.6. The van der Waals surface area contributed by atoms with E-state index < -0.39 is 0 Å². The minimum Gasteiger partial charge on any atom is -0.872 e. The molecule has 0 atom stereocenters. The number of rotatable bonds is 1. The molecule has 1 N–H and O–H groups in total. The van der Waals surface area contributed by atoms with Gasteiger partial charge in [0, 0.05) is 0 Å². The maximum absolute atomic E-state index is 11.2. The largest absolute Gasteiger partial charge is 1.00 e. The van der Waals surface area contributed by atoms with Crippen LogP contribution < -0.4 is 24.0 Å². The molecule has 0 aliphatic rings. The molecule has 3 heteroatoms. The summed E-state index contributed by atoms with van der Waals surface area (Å²) in [5, 5.41) is 19.9. The molecule has 2 nitrogen and oxygen atoms in total. The maximum Gasteiger partial charge on any atom is 1.00 e. The first-order valence-electron chi connectivity index (χ1n) is 3.53. The Labute approximate surface area is 84.4 Å². The number of hydrogen-bond donors (Lipinski definition) is 1. The summed E-state index contributed by atoms with van der Waals surface area (Å²) >= 11 is 0. The molecule has 0 spiro atoms. The van der Waals surface area contributed by atoms with Gasteiger partial charge in [0.1, 0.15) is 0 Å². The van der Waals surface area contributed by atoms with Crippen molar-refractivity contribution in [1.82, 2.24) is 0 Å². The summed E-state index contributed by atoms with van der Waals surface area (Å²) in [6.45, 7) is 3.52. The molecular weight excluding hydrogens is 147 g/mol. The van der Waals surface area contributed by atoms with Gasteiger partial charge in [0.2, 0.25) is 0 Å². The summed E-state index contributed by atoms with van der Waals surface area (Å²) in [7, 11) is 0. The van der Waals surface area contributed by atoms with E-state index in [0.717, 1.165) is 5.56 Å². The van der Waals surface area contributed by atoms with Gasteiger partial charge in [0.05, 0.1) is 6.61 Å². The van der Waals surface area contributed by atoms with Gasteiger partial charge in [-0.1, -0.05) is 23.3 Å². The molecule has 1 aromatic rings. The minimum absolute atomic E-state index is 0. The second-order valence-corrected chi connectivity index (χ2v) is 2.72. The van der Waals surface area contributed by atoms with Crippen molar-refractivity contribution in [2.24, 2.45) is 0 Å². The van der Waals surface area contributed by atoms with Gasteiger partial charge in [-0.3, -0.25) is 0 Å². The second kappa shape index (κ2) is 4.57. The third-order valence-electron chi connectivity index (χ3n) is 1.70. The Morgan fingerprint density at radius 1 is 1.25 bits per heavy atom. The van der Waals surface area contributed by atoms with Gasteiger partial charge in [-0.15, -0.1) is 5.75 Å². The van der Waals surface area contributed by atoms with E-state index in [9.17, 15) is 5.11 Å². The SMILES string of the molecule is Cc1cc(CO)cc(C)c1[O-].[Li+]. The van der Waals surface area contributed by atoms with E-state index in [-0.39, 0.29) is 31.2 Å². The van der Waals surface area contributed by atoms with Crippen LogP contribution in [0.1, 0.15) is 16.7 Å². The molecule has 0 unspecified atom stereocenters. The molecule has 0 aliphatic carbocycles. The number of hydrogen-bond acceptors (Lipinski definition) is 2. The van der Waals surface area contributed by atoms with Crippen molar-refractivity contribution >= 4 is 0 Å². The molecule has 1 aromatic carbocycles. The summed E-state index contributed by atoms with van der Waals surface area (Å²) in [5.41, 5.74) is 2.21. The van der Waals surface area contributed by atoms with Crippen LogP contribution >= 0.6 is 0 Å². The van der Waals surface area contributed by atoms with Gasteiger partial charge in [-0.05, 0) is 19.4 Å². The summed E-state index contributed by atoms with van der Waals surface area (Å²) in [6.07, 6.45) is 0. The van der Waals surface area contributed by atoms with Crippen LogP contribution in [0.2, 0.25) is 0 Å². The quantitative estimate of drug-likeness (QED) is 0.474. The van der Waals surface area contributed by atoms with Crippen LogP contribution in [0.15, 0.2) is 12.1 Å². The van der Waals surface area contributed by atoms with Gasteiger partial charge in [0.15, 0.2) is 0 Å². The monoisotopic (exact) mass is 158 g/mol. The van der Waals surface area contributed by atoms with E-state index in [4.69, 9.17) is 5.11 Å². The van der Waals surface area contributed by atoms with E-state index in [2.05, 4.69) is 0 Å². The van der Waals surface area contributed by atoms with Crippen LogP contribution in [-0.4, -0.2) is 5.11 Å².